The Bertz CT molecular complexity index is 1000. The number of likely N-dealkylation sites (tertiary alicyclic amines) is 1. The second kappa shape index (κ2) is 25.4. The Labute approximate surface area is 278 Å². The average Bonchev–Trinajstić information content (AvgIpc) is 3.06. The largest absolute Gasteiger partial charge is 0.508 e. The zero-order chi connectivity index (χ0) is 33.2. The molecule has 0 aromatic heterocycles. The zero-order valence-electron chi connectivity index (χ0n) is 28.9. The van der Waals surface area contributed by atoms with Gasteiger partial charge in [-0.1, -0.05) is 57.2 Å². The Morgan fingerprint density at radius 1 is 0.870 bits per heavy atom. The van der Waals surface area contributed by atoms with Crippen LogP contribution in [-0.4, -0.2) is 62.8 Å². The number of esters is 1. The van der Waals surface area contributed by atoms with E-state index in [0.717, 1.165) is 101 Å². The molecule has 1 radical (unpaired) electrons. The number of piperidine rings is 1. The highest BCUT2D eigenvalue weighted by Gasteiger charge is 2.20. The number of hydrogen-bond donors (Lipinski definition) is 0. The molecule has 259 valence electrons. The van der Waals surface area contributed by atoms with Crippen LogP contribution in [0.4, 0.5) is 4.79 Å². The van der Waals surface area contributed by atoms with Gasteiger partial charge < -0.3 is 28.6 Å². The van der Waals surface area contributed by atoms with Crippen LogP contribution in [0, 0.1) is 12.8 Å². The summed E-state index contributed by atoms with van der Waals surface area (Å²) < 4.78 is 28.3. The summed E-state index contributed by atoms with van der Waals surface area (Å²) in [6.45, 7) is 15.3. The fourth-order valence-corrected chi connectivity index (χ4v) is 5.36. The van der Waals surface area contributed by atoms with Gasteiger partial charge in [-0.2, -0.15) is 0 Å². The van der Waals surface area contributed by atoms with Crippen LogP contribution < -0.4 is 0 Å². The van der Waals surface area contributed by atoms with Crippen molar-refractivity contribution in [2.24, 2.45) is 5.92 Å². The molecule has 1 heterocycles. The summed E-state index contributed by atoms with van der Waals surface area (Å²) in [6, 6.07) is 5.56. The van der Waals surface area contributed by atoms with E-state index >= 15 is 0 Å². The molecule has 1 atom stereocenters. The lowest BCUT2D eigenvalue weighted by molar-refractivity contribution is -0.160. The van der Waals surface area contributed by atoms with Gasteiger partial charge in [0.1, 0.15) is 13.2 Å². The number of carbonyl (C=O) groups is 2. The summed E-state index contributed by atoms with van der Waals surface area (Å²) in [4.78, 5) is 27.3. The number of hydrogen-bond acceptors (Lipinski definition) is 8. The van der Waals surface area contributed by atoms with E-state index in [2.05, 4.69) is 56.9 Å². The Morgan fingerprint density at radius 3 is 2.11 bits per heavy atom. The van der Waals surface area contributed by atoms with Crippen LogP contribution in [0.25, 0.3) is 0 Å². The molecule has 1 aliphatic rings. The molecule has 8 nitrogen and oxygen atoms in total. The van der Waals surface area contributed by atoms with E-state index in [0.29, 0.717) is 32.2 Å². The molecule has 0 spiro atoms. The van der Waals surface area contributed by atoms with Gasteiger partial charge in [0.05, 0.1) is 13.0 Å². The first kappa shape index (κ1) is 39.5. The van der Waals surface area contributed by atoms with Gasteiger partial charge in [-0.05, 0) is 107 Å². The predicted octanol–water partition coefficient (Wildman–Crippen LogP) is 8.71. The minimum absolute atomic E-state index is 0.0645. The molecular formula is C38H60NO7. The third-order valence-corrected chi connectivity index (χ3v) is 7.88. The minimum Gasteiger partial charge on any atom is -0.461 e. The molecule has 1 aliphatic heterocycles. The lowest BCUT2D eigenvalue weighted by Crippen LogP contribution is -2.37. The molecule has 0 amide bonds. The monoisotopic (exact) mass is 642 g/mol. The Balaban J connectivity index is 1.74. The first-order valence-electron chi connectivity index (χ1n) is 17.6. The number of ether oxygens (including phenoxy) is 5. The maximum atomic E-state index is 12.6. The SMILES string of the molecule is [CH2]c1cc(COC(=O)CCC(OCCCC/C=C\CC)OCCCC/C=C\CC)cc(COC(=O)OCC2CCCN(CC)C2)c1. The number of benzene rings is 1. The summed E-state index contributed by atoms with van der Waals surface area (Å²) in [5.74, 6) is 0.0295. The first-order valence-corrected chi connectivity index (χ1v) is 17.6. The van der Waals surface area contributed by atoms with Crippen molar-refractivity contribution in [2.45, 2.75) is 117 Å². The fraction of sp³-hybridized carbons (Fsp3) is 0.658. The lowest BCUT2D eigenvalue weighted by Gasteiger charge is -2.31. The average molecular weight is 643 g/mol. The molecule has 1 fully saturated rings. The number of nitrogens with zero attached hydrogens (tertiary/aromatic N) is 1. The van der Waals surface area contributed by atoms with Gasteiger partial charge in [0.15, 0.2) is 6.29 Å². The van der Waals surface area contributed by atoms with Gasteiger partial charge in [-0.3, -0.25) is 4.79 Å². The van der Waals surface area contributed by atoms with Crippen molar-refractivity contribution < 1.29 is 33.3 Å². The smallest absolute Gasteiger partial charge is 0.461 e. The molecule has 0 bridgehead atoms. The van der Waals surface area contributed by atoms with E-state index in [1.165, 1.54) is 0 Å². The molecule has 1 aromatic carbocycles. The summed E-state index contributed by atoms with van der Waals surface area (Å²) in [6.07, 6.45) is 18.8. The predicted molar refractivity (Wildman–Crippen MR) is 183 cm³/mol. The van der Waals surface area contributed by atoms with Crippen LogP contribution in [0.5, 0.6) is 0 Å². The molecular weight excluding hydrogens is 582 g/mol. The van der Waals surface area contributed by atoms with Crippen molar-refractivity contribution in [2.75, 3.05) is 39.5 Å². The van der Waals surface area contributed by atoms with Gasteiger partial charge in [0.2, 0.25) is 0 Å². The third kappa shape index (κ3) is 19.1. The standard InChI is InChI=1S/C38H60NO7/c1-5-8-10-12-14-16-23-42-37(43-24-17-15-13-11-9-6-2)21-20-36(40)44-30-34-25-32(4)26-35(27-34)31-46-38(41)45-29-33-19-18-22-39(7-3)28-33/h8-11,25-27,33,37H,4-7,12-24,28-31H2,1-3H3/b10-8-,11-9-. The van der Waals surface area contributed by atoms with Gasteiger partial charge in [0, 0.05) is 32.1 Å². The van der Waals surface area contributed by atoms with E-state index in [1.54, 1.807) is 0 Å². The van der Waals surface area contributed by atoms with Crippen LogP contribution in [-0.2, 0) is 41.7 Å². The molecule has 2 rings (SSSR count). The lowest BCUT2D eigenvalue weighted by atomic mass is 9.99. The van der Waals surface area contributed by atoms with E-state index in [9.17, 15) is 9.59 Å². The van der Waals surface area contributed by atoms with Crippen molar-refractivity contribution in [3.05, 3.63) is 66.1 Å². The molecule has 0 aliphatic carbocycles. The molecule has 0 saturated carbocycles. The highest BCUT2D eigenvalue weighted by Crippen LogP contribution is 2.18. The van der Waals surface area contributed by atoms with Gasteiger partial charge in [-0.15, -0.1) is 0 Å². The highest BCUT2D eigenvalue weighted by molar-refractivity contribution is 5.69. The second-order valence-electron chi connectivity index (χ2n) is 12.0. The topological polar surface area (TPSA) is 83.5 Å². The molecule has 8 heteroatoms. The summed E-state index contributed by atoms with van der Waals surface area (Å²) >= 11 is 0. The van der Waals surface area contributed by atoms with Crippen molar-refractivity contribution in [1.82, 2.24) is 4.90 Å². The number of allylic oxidation sites excluding steroid dienone is 4. The highest BCUT2D eigenvalue weighted by atomic mass is 16.7. The quantitative estimate of drug-likeness (QED) is 0.0479. The van der Waals surface area contributed by atoms with Crippen LogP contribution in [0.2, 0.25) is 0 Å². The van der Waals surface area contributed by atoms with Crippen molar-refractivity contribution in [1.29, 1.82) is 0 Å². The van der Waals surface area contributed by atoms with Crippen LogP contribution >= 0.6 is 0 Å². The number of rotatable bonds is 24. The van der Waals surface area contributed by atoms with Crippen molar-refractivity contribution in [3.8, 4) is 0 Å². The van der Waals surface area contributed by atoms with E-state index < -0.39 is 12.4 Å². The van der Waals surface area contributed by atoms with Gasteiger partial charge in [-0.25, -0.2) is 4.79 Å². The second-order valence-corrected chi connectivity index (χ2v) is 12.0. The maximum absolute atomic E-state index is 12.6. The minimum atomic E-state index is -0.670. The van der Waals surface area contributed by atoms with E-state index in [1.807, 2.05) is 18.2 Å². The van der Waals surface area contributed by atoms with Crippen LogP contribution in [0.3, 0.4) is 0 Å². The number of carbonyl (C=O) groups excluding carboxylic acids is 2. The normalized spacial score (nSPS) is 15.6. The molecule has 1 saturated heterocycles. The summed E-state index contributed by atoms with van der Waals surface area (Å²) in [5, 5.41) is 0. The maximum Gasteiger partial charge on any atom is 0.508 e. The van der Waals surface area contributed by atoms with Gasteiger partial charge in [0.25, 0.3) is 0 Å². The molecule has 1 unspecified atom stereocenters. The Kier molecular flexibility index (Phi) is 21.8. The third-order valence-electron chi connectivity index (χ3n) is 7.88. The molecule has 0 N–H and O–H groups in total. The van der Waals surface area contributed by atoms with Crippen molar-refractivity contribution >= 4 is 12.1 Å². The fourth-order valence-electron chi connectivity index (χ4n) is 5.36. The van der Waals surface area contributed by atoms with Gasteiger partial charge >= 0.3 is 12.1 Å². The van der Waals surface area contributed by atoms with Crippen LogP contribution in [0.1, 0.15) is 115 Å². The molecule has 46 heavy (non-hydrogen) atoms. The Morgan fingerprint density at radius 2 is 1.50 bits per heavy atom. The summed E-state index contributed by atoms with van der Waals surface area (Å²) in [7, 11) is 0. The van der Waals surface area contributed by atoms with E-state index in [4.69, 9.17) is 23.7 Å². The van der Waals surface area contributed by atoms with Crippen LogP contribution in [0.15, 0.2) is 42.5 Å². The van der Waals surface area contributed by atoms with Crippen molar-refractivity contribution in [3.63, 3.8) is 0 Å². The zero-order valence-corrected chi connectivity index (χ0v) is 28.9. The molecule has 1 aromatic rings. The number of unbranched alkanes of at least 4 members (excludes halogenated alkanes) is 4. The first-order chi connectivity index (χ1) is 22.4. The van der Waals surface area contributed by atoms with E-state index in [-0.39, 0.29) is 25.6 Å². The Hall–Kier alpha value is -2.68. The summed E-state index contributed by atoms with van der Waals surface area (Å²) in [5.41, 5.74) is 2.30.